The molecule has 4 N–H and O–H groups in total. The molecule has 4 aromatic carbocycles. The number of benzene rings is 4. The summed E-state index contributed by atoms with van der Waals surface area (Å²) in [7, 11) is 0. The Kier molecular flexibility index (Phi) is 11.6. The molecular formula is C46H32ClF3N10O6S2. The summed E-state index contributed by atoms with van der Waals surface area (Å²) in [4.78, 5) is 73.5. The lowest BCUT2D eigenvalue weighted by Crippen LogP contribution is -2.38. The van der Waals surface area contributed by atoms with Gasteiger partial charge in [-0.3, -0.25) is 9.69 Å². The van der Waals surface area contributed by atoms with Crippen LogP contribution in [-0.2, 0) is 6.54 Å². The minimum absolute atomic E-state index is 0.0223. The molecule has 16 nitrogen and oxygen atoms in total. The molecule has 5 amide bonds. The third-order valence-corrected chi connectivity index (χ3v) is 13.5. The van der Waals surface area contributed by atoms with E-state index in [1.54, 1.807) is 36.4 Å². The maximum Gasteiger partial charge on any atom is 0.348 e. The van der Waals surface area contributed by atoms with Gasteiger partial charge in [0.05, 0.1) is 38.5 Å². The van der Waals surface area contributed by atoms with E-state index in [1.807, 2.05) is 47.4 Å². The minimum atomic E-state index is -2.58. The summed E-state index contributed by atoms with van der Waals surface area (Å²) in [5, 5.41) is 18.6. The van der Waals surface area contributed by atoms with Crippen molar-refractivity contribution in [3.8, 4) is 11.5 Å². The summed E-state index contributed by atoms with van der Waals surface area (Å²) in [6.07, 6.45) is 2.34. The van der Waals surface area contributed by atoms with Gasteiger partial charge in [-0.25, -0.2) is 57.3 Å². The van der Waals surface area contributed by atoms with Crippen LogP contribution in [0.15, 0.2) is 110 Å². The number of thiophene rings is 2. The summed E-state index contributed by atoms with van der Waals surface area (Å²) in [6, 6.07) is 26.3. The average Bonchev–Trinajstić information content (AvgIpc) is 3.89. The highest BCUT2D eigenvalue weighted by atomic mass is 35.5. The number of amides is 5. The topological polar surface area (TPSA) is 195 Å². The summed E-state index contributed by atoms with van der Waals surface area (Å²) in [5.41, 5.74) is 2.85. The van der Waals surface area contributed by atoms with Crippen LogP contribution in [0.25, 0.3) is 20.4 Å². The Labute approximate surface area is 395 Å². The first-order chi connectivity index (χ1) is 32.8. The molecule has 0 bridgehead atoms. The van der Waals surface area contributed by atoms with Crippen LogP contribution in [0.5, 0.6) is 11.5 Å². The number of rotatable bonds is 9. The fraction of sp³-hybridized carbons (Fsp3) is 0.130. The predicted octanol–water partition coefficient (Wildman–Crippen LogP) is 11.5. The SMILES string of the molecule is O=C(Nc1ccc(CN2CCC(F)(F)CC2)cc1)c1sc2ncnc3c2c1NC(=O)N3c1ccc(Oc2ccccc2)cc1.O=C(O)c1sc2ncnc3c2c1NC(=O)N3c1ccc(F)cc1Cl. The number of likely N-dealkylation sites (tertiary alicyclic amines) is 1. The van der Waals surface area contributed by atoms with E-state index in [4.69, 9.17) is 16.3 Å². The minimum Gasteiger partial charge on any atom is -0.477 e. The van der Waals surface area contributed by atoms with Gasteiger partial charge in [-0.2, -0.15) is 0 Å². The van der Waals surface area contributed by atoms with Gasteiger partial charge < -0.3 is 25.8 Å². The van der Waals surface area contributed by atoms with Gasteiger partial charge in [0, 0.05) is 38.2 Å². The van der Waals surface area contributed by atoms with Crippen molar-refractivity contribution < 1.29 is 42.2 Å². The highest BCUT2D eigenvalue weighted by molar-refractivity contribution is 7.21. The molecule has 0 atom stereocenters. The van der Waals surface area contributed by atoms with Crippen molar-refractivity contribution in [2.75, 3.05) is 38.8 Å². The van der Waals surface area contributed by atoms with E-state index in [2.05, 4.69) is 35.9 Å². The maximum absolute atomic E-state index is 13.5. The molecule has 342 valence electrons. The second kappa shape index (κ2) is 17.8. The largest absolute Gasteiger partial charge is 0.477 e. The number of urea groups is 2. The predicted molar refractivity (Wildman–Crippen MR) is 252 cm³/mol. The van der Waals surface area contributed by atoms with Gasteiger partial charge in [0.25, 0.3) is 11.8 Å². The van der Waals surface area contributed by atoms with Gasteiger partial charge in [-0.1, -0.05) is 41.9 Å². The zero-order valence-corrected chi connectivity index (χ0v) is 37.3. The number of ether oxygens (including phenoxy) is 1. The fourth-order valence-corrected chi connectivity index (χ4v) is 10.0. The molecule has 11 rings (SSSR count). The van der Waals surface area contributed by atoms with Crippen molar-refractivity contribution >= 4 is 119 Å². The number of carboxylic acids is 1. The number of hydrogen-bond donors (Lipinski definition) is 4. The Bertz CT molecular complexity index is 3300. The Morgan fingerprint density at radius 2 is 1.35 bits per heavy atom. The summed E-state index contributed by atoms with van der Waals surface area (Å²) in [5.74, 6) is -2.81. The third-order valence-electron chi connectivity index (χ3n) is 11.1. The van der Waals surface area contributed by atoms with Crippen LogP contribution in [0.1, 0.15) is 37.7 Å². The van der Waals surface area contributed by atoms with Crippen LogP contribution in [0, 0.1) is 5.82 Å². The molecule has 0 spiro atoms. The second-order valence-corrected chi connectivity index (χ2v) is 17.9. The molecule has 3 aliphatic heterocycles. The number of para-hydroxylation sites is 1. The standard InChI is InChI=1S/C32H26F2N6O3S.C14H6ClFN4O3S/c33-32(34)14-16-39(17-15-32)18-20-6-8-21(9-7-20)37-29(41)27-26-25-28(35-19-36-30(25)44-27)40(31(42)38-26)22-10-12-24(13-11-22)43-23-4-2-1-3-5-23;15-6-3-5(16)1-2-7(6)20-11-8-9(19-14(20)23)10(13(21)22)24-12(8)18-4-17-11/h1-13,19H,14-18H2,(H,37,41)(H,38,42);1-4H,(H,19,23)(H,21,22). The quantitative estimate of drug-likeness (QED) is 0.107. The first-order valence-corrected chi connectivity index (χ1v) is 22.6. The maximum atomic E-state index is 13.5. The highest BCUT2D eigenvalue weighted by Gasteiger charge is 2.37. The lowest BCUT2D eigenvalue weighted by Gasteiger charge is -2.31. The van der Waals surface area contributed by atoms with Gasteiger partial charge in [-0.15, -0.1) is 22.7 Å². The van der Waals surface area contributed by atoms with Crippen LogP contribution in [0.2, 0.25) is 5.02 Å². The van der Waals surface area contributed by atoms with Crippen LogP contribution in [0.3, 0.4) is 0 Å². The molecule has 22 heteroatoms. The molecule has 0 unspecified atom stereocenters. The number of alkyl halides is 2. The van der Waals surface area contributed by atoms with Crippen molar-refractivity contribution in [2.24, 2.45) is 0 Å². The van der Waals surface area contributed by atoms with E-state index < -0.39 is 35.7 Å². The van der Waals surface area contributed by atoms with E-state index in [0.29, 0.717) is 79.3 Å². The number of halogens is 4. The number of nitrogens with one attached hydrogen (secondary N) is 3. The molecule has 0 aliphatic carbocycles. The number of carbonyl (C=O) groups excluding carboxylic acids is 3. The van der Waals surface area contributed by atoms with Gasteiger partial charge in [0.15, 0.2) is 11.6 Å². The number of aromatic nitrogens is 4. The van der Waals surface area contributed by atoms with Crippen molar-refractivity contribution in [3.63, 3.8) is 0 Å². The van der Waals surface area contributed by atoms with Crippen LogP contribution in [-0.4, -0.2) is 72.9 Å². The summed E-state index contributed by atoms with van der Waals surface area (Å²) in [6.45, 7) is 1.27. The van der Waals surface area contributed by atoms with Crippen LogP contribution < -0.4 is 30.5 Å². The van der Waals surface area contributed by atoms with Crippen LogP contribution >= 0.6 is 34.3 Å². The smallest absolute Gasteiger partial charge is 0.348 e. The Hall–Kier alpha value is -7.72. The van der Waals surface area contributed by atoms with Gasteiger partial charge in [0.2, 0.25) is 0 Å². The van der Waals surface area contributed by atoms with E-state index in [0.717, 1.165) is 27.9 Å². The molecule has 0 saturated carbocycles. The Morgan fingerprint density at radius 3 is 1.99 bits per heavy atom. The first kappa shape index (κ1) is 44.1. The second-order valence-electron chi connectivity index (χ2n) is 15.5. The molecule has 7 heterocycles. The molecule has 8 aromatic rings. The van der Waals surface area contributed by atoms with Crippen molar-refractivity contribution in [2.45, 2.75) is 25.3 Å². The zero-order valence-electron chi connectivity index (χ0n) is 34.9. The number of hydrogen-bond acceptors (Lipinski definition) is 12. The lowest BCUT2D eigenvalue weighted by molar-refractivity contribution is -0.0566. The summed E-state index contributed by atoms with van der Waals surface area (Å²) < 4.78 is 46.1. The molecule has 4 aromatic heterocycles. The van der Waals surface area contributed by atoms with Crippen LogP contribution in [0.4, 0.5) is 62.8 Å². The van der Waals surface area contributed by atoms with E-state index >= 15 is 0 Å². The number of carbonyl (C=O) groups is 4. The van der Waals surface area contributed by atoms with Crippen molar-refractivity contribution in [1.82, 2.24) is 24.8 Å². The molecule has 3 aliphatic rings. The van der Waals surface area contributed by atoms with Gasteiger partial charge >= 0.3 is 18.0 Å². The fourth-order valence-electron chi connectivity index (χ4n) is 7.83. The van der Waals surface area contributed by atoms with Crippen molar-refractivity contribution in [1.29, 1.82) is 0 Å². The van der Waals surface area contributed by atoms with E-state index in [1.165, 1.54) is 41.0 Å². The molecular weight excluding hydrogens is 945 g/mol. The van der Waals surface area contributed by atoms with Gasteiger partial charge in [0.1, 0.15) is 49.4 Å². The Balaban J connectivity index is 0.000000189. The van der Waals surface area contributed by atoms with E-state index in [-0.39, 0.29) is 39.9 Å². The number of nitrogens with zero attached hydrogens (tertiary/aromatic N) is 7. The average molecular weight is 977 g/mol. The molecule has 1 fully saturated rings. The lowest BCUT2D eigenvalue weighted by atomic mass is 10.1. The number of carboxylic acid groups (broad SMARTS) is 1. The number of piperidine rings is 1. The molecule has 68 heavy (non-hydrogen) atoms. The summed E-state index contributed by atoms with van der Waals surface area (Å²) >= 11 is 8.15. The number of aromatic carboxylic acids is 1. The normalized spacial score (nSPS) is 15.1. The highest BCUT2D eigenvalue weighted by Crippen LogP contribution is 2.47. The monoisotopic (exact) mass is 976 g/mol. The molecule has 0 radical (unpaired) electrons. The third kappa shape index (κ3) is 8.58. The Morgan fingerprint density at radius 1 is 0.765 bits per heavy atom. The molecule has 1 saturated heterocycles. The number of anilines is 7. The first-order valence-electron chi connectivity index (χ1n) is 20.6. The van der Waals surface area contributed by atoms with E-state index in [9.17, 15) is 37.5 Å². The van der Waals surface area contributed by atoms with Crippen molar-refractivity contribution in [3.05, 3.63) is 136 Å². The van der Waals surface area contributed by atoms with Gasteiger partial charge in [-0.05, 0) is 72.3 Å². The zero-order chi connectivity index (χ0) is 47.3.